The Hall–Kier alpha value is -3.23. The van der Waals surface area contributed by atoms with Crippen LogP contribution in [0.4, 0.5) is 17.1 Å². The van der Waals surface area contributed by atoms with Gasteiger partial charge in [0.25, 0.3) is 0 Å². The molecule has 1 aromatic heterocycles. The molecule has 0 saturated heterocycles. The molecule has 29 heavy (non-hydrogen) atoms. The zero-order chi connectivity index (χ0) is 20.0. The predicted octanol–water partition coefficient (Wildman–Crippen LogP) is 8.33. The lowest BCUT2D eigenvalue weighted by molar-refractivity contribution is 0.669. The van der Waals surface area contributed by atoms with E-state index in [2.05, 4.69) is 79.4 Å². The highest BCUT2D eigenvalue weighted by Crippen LogP contribution is 2.44. The molecule has 4 aromatic carbocycles. The van der Waals surface area contributed by atoms with Crippen molar-refractivity contribution in [2.75, 3.05) is 4.90 Å². The van der Waals surface area contributed by atoms with Gasteiger partial charge in [0.2, 0.25) is 0 Å². The molecule has 1 heterocycles. The lowest BCUT2D eigenvalue weighted by Gasteiger charge is -2.26. The number of para-hydroxylation sites is 1. The minimum absolute atomic E-state index is 0.618. The van der Waals surface area contributed by atoms with Crippen LogP contribution < -0.4 is 4.90 Å². The van der Waals surface area contributed by atoms with Crippen molar-refractivity contribution in [3.8, 4) is 0 Å². The number of rotatable bonds is 3. The first-order chi connectivity index (χ1) is 14.1. The van der Waals surface area contributed by atoms with Crippen molar-refractivity contribution in [3.63, 3.8) is 0 Å². The van der Waals surface area contributed by atoms with Gasteiger partial charge in [-0.3, -0.25) is 0 Å². The molecule has 5 rings (SSSR count). The number of nitrogens with zero attached hydrogens (tertiary/aromatic N) is 1. The Balaban J connectivity index is 1.85. The molecule has 0 unspecified atom stereocenters. The van der Waals surface area contributed by atoms with Crippen molar-refractivity contribution in [3.05, 3.63) is 101 Å². The maximum Gasteiger partial charge on any atom is 0.156 e. The van der Waals surface area contributed by atoms with Crippen LogP contribution in [-0.2, 0) is 0 Å². The Labute approximate surface area is 174 Å². The van der Waals surface area contributed by atoms with Gasteiger partial charge in [-0.25, -0.2) is 0 Å². The van der Waals surface area contributed by atoms with Gasteiger partial charge in [-0.05, 0) is 56.3 Å². The van der Waals surface area contributed by atoms with Gasteiger partial charge < -0.3 is 9.32 Å². The van der Waals surface area contributed by atoms with Crippen LogP contribution >= 0.6 is 11.6 Å². The van der Waals surface area contributed by atoms with Crippen LogP contribution in [0.5, 0.6) is 0 Å². The second kappa shape index (κ2) is 6.98. The monoisotopic (exact) mass is 397 g/mol. The van der Waals surface area contributed by atoms with Gasteiger partial charge in [0.05, 0.1) is 16.1 Å². The number of hydrogen-bond acceptors (Lipinski definition) is 2. The molecule has 0 aliphatic carbocycles. The quantitative estimate of drug-likeness (QED) is 0.304. The molecule has 0 N–H and O–H groups in total. The minimum Gasteiger partial charge on any atom is -0.454 e. The van der Waals surface area contributed by atoms with Crippen LogP contribution in [0.15, 0.2) is 89.3 Å². The van der Waals surface area contributed by atoms with Crippen molar-refractivity contribution in [1.29, 1.82) is 0 Å². The van der Waals surface area contributed by atoms with Gasteiger partial charge in [-0.2, -0.15) is 0 Å². The molecule has 0 aliphatic rings. The zero-order valence-electron chi connectivity index (χ0n) is 16.3. The van der Waals surface area contributed by atoms with Crippen LogP contribution in [-0.4, -0.2) is 0 Å². The first-order valence-corrected chi connectivity index (χ1v) is 10.0. The number of aryl methyl sites for hydroxylation is 2. The molecule has 142 valence electrons. The normalized spacial score (nSPS) is 11.3. The van der Waals surface area contributed by atoms with Crippen molar-refractivity contribution in [1.82, 2.24) is 0 Å². The van der Waals surface area contributed by atoms with E-state index in [0.717, 1.165) is 39.0 Å². The second-order valence-electron chi connectivity index (χ2n) is 7.38. The molecule has 0 saturated carbocycles. The molecule has 0 fully saturated rings. The lowest BCUT2D eigenvalue weighted by Crippen LogP contribution is -2.10. The van der Waals surface area contributed by atoms with E-state index in [1.807, 2.05) is 24.3 Å². The van der Waals surface area contributed by atoms with Crippen molar-refractivity contribution in [2.24, 2.45) is 0 Å². The summed E-state index contributed by atoms with van der Waals surface area (Å²) >= 11 is 6.53. The highest BCUT2D eigenvalue weighted by Gasteiger charge is 2.20. The van der Waals surface area contributed by atoms with E-state index in [1.54, 1.807) is 0 Å². The summed E-state index contributed by atoms with van der Waals surface area (Å²) in [5, 5.41) is 2.70. The molecule has 0 amide bonds. The summed E-state index contributed by atoms with van der Waals surface area (Å²) < 4.78 is 6.13. The molecule has 0 atom stereocenters. The number of anilines is 3. The maximum atomic E-state index is 6.53. The molecule has 2 nitrogen and oxygen atoms in total. The molecule has 0 spiro atoms. The van der Waals surface area contributed by atoms with E-state index in [1.165, 1.54) is 11.1 Å². The van der Waals surface area contributed by atoms with Gasteiger partial charge in [0, 0.05) is 16.8 Å². The summed E-state index contributed by atoms with van der Waals surface area (Å²) in [4.78, 5) is 2.26. The largest absolute Gasteiger partial charge is 0.454 e. The average Bonchev–Trinajstić information content (AvgIpc) is 3.13. The van der Waals surface area contributed by atoms with Gasteiger partial charge in [0.1, 0.15) is 5.58 Å². The summed E-state index contributed by atoms with van der Waals surface area (Å²) in [6.07, 6.45) is 0. The Morgan fingerprint density at radius 1 is 0.690 bits per heavy atom. The fourth-order valence-corrected chi connectivity index (χ4v) is 3.98. The number of furan rings is 1. The average molecular weight is 398 g/mol. The SMILES string of the molecule is Cc1ccc(N(c2ccc(C)cc2)c2ccc(Cl)c3oc4ccccc4c23)cc1. The first kappa shape index (κ1) is 17.8. The van der Waals surface area contributed by atoms with Crippen LogP contribution in [0.1, 0.15) is 11.1 Å². The van der Waals surface area contributed by atoms with Crippen molar-refractivity contribution < 1.29 is 4.42 Å². The smallest absolute Gasteiger partial charge is 0.156 e. The van der Waals surface area contributed by atoms with E-state index in [4.69, 9.17) is 16.0 Å². The summed E-state index contributed by atoms with van der Waals surface area (Å²) in [6.45, 7) is 4.20. The number of halogens is 1. The molecule has 3 heteroatoms. The maximum absolute atomic E-state index is 6.53. The topological polar surface area (TPSA) is 16.4 Å². The summed E-state index contributed by atoms with van der Waals surface area (Å²) in [5.74, 6) is 0. The fourth-order valence-electron chi connectivity index (χ4n) is 3.78. The number of benzene rings is 4. The molecule has 5 aromatic rings. The van der Waals surface area contributed by atoms with Crippen molar-refractivity contribution in [2.45, 2.75) is 13.8 Å². The standard InChI is InChI=1S/C26H20ClNO/c1-17-7-11-19(12-8-17)28(20-13-9-18(2)10-14-20)23-16-15-22(27)26-25(23)21-5-3-4-6-24(21)29-26/h3-16H,1-2H3. The Morgan fingerprint density at radius 3 is 1.90 bits per heavy atom. The molecule has 0 radical (unpaired) electrons. The summed E-state index contributed by atoms with van der Waals surface area (Å²) in [5.41, 5.74) is 7.24. The van der Waals surface area contributed by atoms with E-state index in [9.17, 15) is 0 Å². The van der Waals surface area contributed by atoms with E-state index < -0.39 is 0 Å². The van der Waals surface area contributed by atoms with Crippen molar-refractivity contribution >= 4 is 50.6 Å². The zero-order valence-corrected chi connectivity index (χ0v) is 17.1. The Morgan fingerprint density at radius 2 is 1.28 bits per heavy atom. The third-order valence-corrected chi connectivity index (χ3v) is 5.58. The fraction of sp³-hybridized carbons (Fsp3) is 0.0769. The summed E-state index contributed by atoms with van der Waals surface area (Å²) in [6, 6.07) is 29.2. The first-order valence-electron chi connectivity index (χ1n) is 9.65. The Bertz CT molecular complexity index is 1270. The molecular weight excluding hydrogens is 378 g/mol. The highest BCUT2D eigenvalue weighted by molar-refractivity contribution is 6.36. The van der Waals surface area contributed by atoms with Crippen LogP contribution in [0.25, 0.3) is 21.9 Å². The van der Waals surface area contributed by atoms with Crippen LogP contribution in [0, 0.1) is 13.8 Å². The number of hydrogen-bond donors (Lipinski definition) is 0. The highest BCUT2D eigenvalue weighted by atomic mass is 35.5. The predicted molar refractivity (Wildman–Crippen MR) is 123 cm³/mol. The minimum atomic E-state index is 0.618. The third-order valence-electron chi connectivity index (χ3n) is 5.28. The lowest BCUT2D eigenvalue weighted by atomic mass is 10.1. The van der Waals surface area contributed by atoms with Gasteiger partial charge in [0.15, 0.2) is 5.58 Å². The van der Waals surface area contributed by atoms with Crippen LogP contribution in [0.3, 0.4) is 0 Å². The second-order valence-corrected chi connectivity index (χ2v) is 7.78. The molecular formula is C26H20ClNO. The van der Waals surface area contributed by atoms with E-state index in [-0.39, 0.29) is 0 Å². The van der Waals surface area contributed by atoms with Crippen LogP contribution in [0.2, 0.25) is 5.02 Å². The van der Waals surface area contributed by atoms with Gasteiger partial charge in [-0.15, -0.1) is 0 Å². The van der Waals surface area contributed by atoms with Gasteiger partial charge >= 0.3 is 0 Å². The third kappa shape index (κ3) is 3.06. The van der Waals surface area contributed by atoms with Gasteiger partial charge in [-0.1, -0.05) is 65.2 Å². The molecule has 0 bridgehead atoms. The van der Waals surface area contributed by atoms with E-state index in [0.29, 0.717) is 5.02 Å². The Kier molecular flexibility index (Phi) is 4.30. The van der Waals surface area contributed by atoms with E-state index >= 15 is 0 Å². The molecule has 0 aliphatic heterocycles. The number of fused-ring (bicyclic) bond motifs is 3. The summed E-state index contributed by atoms with van der Waals surface area (Å²) in [7, 11) is 0.